The minimum atomic E-state index is 0.352. The first-order chi connectivity index (χ1) is 7.88. The monoisotopic (exact) mass is 227 g/mol. The maximum atomic E-state index is 8.79. The van der Waals surface area contributed by atoms with E-state index in [2.05, 4.69) is 15.3 Å². The summed E-state index contributed by atoms with van der Waals surface area (Å²) in [5.74, 6) is 0.669. The largest absolute Gasteiger partial charge is 0.195 e. The number of aromatic nitrogens is 4. The molecule has 0 N–H and O–H groups in total. The molecule has 0 aliphatic carbocycles. The molecule has 16 heavy (non-hydrogen) atoms. The summed E-state index contributed by atoms with van der Waals surface area (Å²) in [4.78, 5) is 0.982. The molecular formula is C10H5N5S. The van der Waals surface area contributed by atoms with Gasteiger partial charge in [0.05, 0.1) is 4.88 Å². The van der Waals surface area contributed by atoms with Crippen LogP contribution in [0.15, 0.2) is 29.6 Å². The predicted octanol–water partition coefficient (Wildman–Crippen LogP) is 1.72. The van der Waals surface area contributed by atoms with Crippen molar-refractivity contribution in [2.45, 2.75) is 0 Å². The SMILES string of the molecule is N#Cc1ccc2nnc(-c3cccs3)n2n1. The van der Waals surface area contributed by atoms with Gasteiger partial charge >= 0.3 is 0 Å². The molecule has 0 saturated heterocycles. The van der Waals surface area contributed by atoms with Crippen LogP contribution in [0.1, 0.15) is 5.69 Å². The van der Waals surface area contributed by atoms with E-state index in [0.717, 1.165) is 4.88 Å². The van der Waals surface area contributed by atoms with Crippen LogP contribution >= 0.6 is 11.3 Å². The second-order valence-electron chi connectivity index (χ2n) is 3.10. The van der Waals surface area contributed by atoms with Crippen molar-refractivity contribution in [3.8, 4) is 16.8 Å². The van der Waals surface area contributed by atoms with Crippen molar-refractivity contribution in [1.29, 1.82) is 5.26 Å². The molecule has 0 spiro atoms. The Morgan fingerprint density at radius 2 is 2.19 bits per heavy atom. The van der Waals surface area contributed by atoms with Crippen molar-refractivity contribution >= 4 is 17.0 Å². The molecule has 0 fully saturated rings. The van der Waals surface area contributed by atoms with E-state index in [1.807, 2.05) is 23.6 Å². The summed E-state index contributed by atoms with van der Waals surface area (Å²) in [6.45, 7) is 0. The zero-order chi connectivity index (χ0) is 11.0. The zero-order valence-electron chi connectivity index (χ0n) is 8.03. The van der Waals surface area contributed by atoms with Crippen LogP contribution in [0.25, 0.3) is 16.3 Å². The summed E-state index contributed by atoms with van der Waals surface area (Å²) in [7, 11) is 0. The molecule has 76 valence electrons. The molecule has 0 unspecified atom stereocenters. The van der Waals surface area contributed by atoms with Crippen molar-refractivity contribution in [3.05, 3.63) is 35.3 Å². The lowest BCUT2D eigenvalue weighted by molar-refractivity contribution is 0.924. The maximum absolute atomic E-state index is 8.79. The minimum Gasteiger partial charge on any atom is -0.191 e. The summed E-state index contributed by atoms with van der Waals surface area (Å²) in [5.41, 5.74) is 0.993. The fourth-order valence-electron chi connectivity index (χ4n) is 1.41. The van der Waals surface area contributed by atoms with E-state index in [1.54, 1.807) is 28.0 Å². The highest BCUT2D eigenvalue weighted by atomic mass is 32.1. The number of rotatable bonds is 1. The molecule has 3 aromatic heterocycles. The Kier molecular flexibility index (Phi) is 1.91. The van der Waals surface area contributed by atoms with Crippen LogP contribution in [-0.2, 0) is 0 Å². The number of hydrogen-bond donors (Lipinski definition) is 0. The molecule has 0 radical (unpaired) electrons. The third-order valence-corrected chi connectivity index (χ3v) is 2.98. The van der Waals surface area contributed by atoms with Gasteiger partial charge in [0, 0.05) is 0 Å². The fraction of sp³-hybridized carbons (Fsp3) is 0. The lowest BCUT2D eigenvalue weighted by Gasteiger charge is -1.95. The molecule has 0 aliphatic heterocycles. The Morgan fingerprint density at radius 1 is 1.25 bits per heavy atom. The van der Waals surface area contributed by atoms with E-state index >= 15 is 0 Å². The average molecular weight is 227 g/mol. The molecule has 3 heterocycles. The zero-order valence-corrected chi connectivity index (χ0v) is 8.85. The van der Waals surface area contributed by atoms with Gasteiger partial charge in [0.1, 0.15) is 6.07 Å². The van der Waals surface area contributed by atoms with Gasteiger partial charge in [-0.1, -0.05) is 6.07 Å². The van der Waals surface area contributed by atoms with Gasteiger partial charge in [-0.05, 0) is 23.6 Å². The van der Waals surface area contributed by atoms with Crippen molar-refractivity contribution in [2.75, 3.05) is 0 Å². The van der Waals surface area contributed by atoms with Crippen molar-refractivity contribution in [1.82, 2.24) is 19.8 Å². The number of nitrogens with zero attached hydrogens (tertiary/aromatic N) is 5. The van der Waals surface area contributed by atoms with Gasteiger partial charge in [-0.3, -0.25) is 0 Å². The smallest absolute Gasteiger partial charge is 0.191 e. The highest BCUT2D eigenvalue weighted by Gasteiger charge is 2.10. The number of thiophene rings is 1. The van der Waals surface area contributed by atoms with E-state index < -0.39 is 0 Å². The van der Waals surface area contributed by atoms with Crippen LogP contribution in [0.5, 0.6) is 0 Å². The molecule has 3 aromatic rings. The van der Waals surface area contributed by atoms with Crippen LogP contribution in [0.4, 0.5) is 0 Å². The molecule has 3 rings (SSSR count). The quantitative estimate of drug-likeness (QED) is 0.635. The lowest BCUT2D eigenvalue weighted by Crippen LogP contribution is -1.96. The molecule has 0 bridgehead atoms. The normalized spacial score (nSPS) is 10.4. The maximum Gasteiger partial charge on any atom is 0.195 e. The summed E-state index contributed by atoms with van der Waals surface area (Å²) in [6.07, 6.45) is 0. The van der Waals surface area contributed by atoms with E-state index in [1.165, 1.54) is 0 Å². The third kappa shape index (κ3) is 1.26. The molecular weight excluding hydrogens is 222 g/mol. The third-order valence-electron chi connectivity index (χ3n) is 2.12. The predicted molar refractivity (Wildman–Crippen MR) is 58.8 cm³/mol. The summed E-state index contributed by atoms with van der Waals surface area (Å²) < 4.78 is 1.59. The second kappa shape index (κ2) is 3.40. The van der Waals surface area contributed by atoms with Gasteiger partial charge in [0.25, 0.3) is 0 Å². The molecule has 0 atom stereocenters. The van der Waals surface area contributed by atoms with Crippen LogP contribution < -0.4 is 0 Å². The molecule has 5 nitrogen and oxygen atoms in total. The first-order valence-electron chi connectivity index (χ1n) is 4.55. The van der Waals surface area contributed by atoms with E-state index in [4.69, 9.17) is 5.26 Å². The van der Waals surface area contributed by atoms with Gasteiger partial charge < -0.3 is 0 Å². The van der Waals surface area contributed by atoms with E-state index in [0.29, 0.717) is 17.2 Å². The summed E-state index contributed by atoms with van der Waals surface area (Å²) in [6, 6.07) is 9.24. The van der Waals surface area contributed by atoms with Gasteiger partial charge in [-0.15, -0.1) is 21.5 Å². The minimum absolute atomic E-state index is 0.352. The Morgan fingerprint density at radius 3 is 2.94 bits per heavy atom. The number of nitriles is 1. The van der Waals surface area contributed by atoms with Crippen LogP contribution in [0, 0.1) is 11.3 Å². The van der Waals surface area contributed by atoms with Crippen molar-refractivity contribution in [2.24, 2.45) is 0 Å². The Labute approximate surface area is 94.6 Å². The van der Waals surface area contributed by atoms with E-state index in [9.17, 15) is 0 Å². The van der Waals surface area contributed by atoms with Crippen molar-refractivity contribution in [3.63, 3.8) is 0 Å². The van der Waals surface area contributed by atoms with Gasteiger partial charge in [0.2, 0.25) is 0 Å². The summed E-state index contributed by atoms with van der Waals surface area (Å²) in [5, 5.41) is 23.0. The molecule has 0 aromatic carbocycles. The summed E-state index contributed by atoms with van der Waals surface area (Å²) >= 11 is 1.56. The first kappa shape index (κ1) is 9.00. The lowest BCUT2D eigenvalue weighted by atomic mass is 10.4. The van der Waals surface area contributed by atoms with Crippen molar-refractivity contribution < 1.29 is 0 Å². The molecule has 0 amide bonds. The molecule has 6 heteroatoms. The van der Waals surface area contributed by atoms with Crippen LogP contribution in [0.2, 0.25) is 0 Å². The van der Waals surface area contributed by atoms with Crippen LogP contribution in [-0.4, -0.2) is 19.8 Å². The van der Waals surface area contributed by atoms with Gasteiger partial charge in [-0.25, -0.2) is 0 Å². The Hall–Kier alpha value is -2.26. The van der Waals surface area contributed by atoms with Crippen LogP contribution in [0.3, 0.4) is 0 Å². The van der Waals surface area contributed by atoms with Gasteiger partial charge in [0.15, 0.2) is 17.2 Å². The fourth-order valence-corrected chi connectivity index (χ4v) is 2.10. The highest BCUT2D eigenvalue weighted by Crippen LogP contribution is 2.22. The van der Waals surface area contributed by atoms with Gasteiger partial charge in [-0.2, -0.15) is 14.9 Å². The molecule has 0 saturated carbocycles. The van der Waals surface area contributed by atoms with E-state index in [-0.39, 0.29) is 0 Å². The number of hydrogen-bond acceptors (Lipinski definition) is 5. The average Bonchev–Trinajstić information content (AvgIpc) is 2.96. The Balaban J connectivity index is 2.31. The first-order valence-corrected chi connectivity index (χ1v) is 5.43. The number of fused-ring (bicyclic) bond motifs is 1. The Bertz CT molecular complexity index is 677. The second-order valence-corrected chi connectivity index (χ2v) is 4.05. The highest BCUT2D eigenvalue weighted by molar-refractivity contribution is 7.13. The topological polar surface area (TPSA) is 66.9 Å². The standard InChI is InChI=1S/C10H5N5S/c11-6-7-3-4-9-12-13-10(15(9)14-7)8-2-1-5-16-8/h1-5H. The molecule has 0 aliphatic rings.